The monoisotopic (exact) mass is 391 g/mol. The summed E-state index contributed by atoms with van der Waals surface area (Å²) in [5.74, 6) is -1.11. The molecule has 0 saturated heterocycles. The van der Waals surface area contributed by atoms with Gasteiger partial charge in [-0.3, -0.25) is 10.4 Å². The molecule has 0 aliphatic rings. The lowest BCUT2D eigenvalue weighted by molar-refractivity contribution is 0.198. The zero-order valence-electron chi connectivity index (χ0n) is 15.0. The Bertz CT molecular complexity index is 1030. The van der Waals surface area contributed by atoms with Gasteiger partial charge in [-0.1, -0.05) is 5.16 Å². The minimum Gasteiger partial charge on any atom is -0.419 e. The van der Waals surface area contributed by atoms with E-state index in [0.717, 1.165) is 6.07 Å². The maximum Gasteiger partial charge on any atom is 0.312 e. The van der Waals surface area contributed by atoms with Gasteiger partial charge in [0.05, 0.1) is 6.54 Å². The molecule has 3 rings (SSSR count). The highest BCUT2D eigenvalue weighted by Gasteiger charge is 2.19. The maximum absolute atomic E-state index is 14.2. The molecule has 0 unspecified atom stereocenters. The Labute approximate surface area is 158 Å². The minimum absolute atomic E-state index is 0.106. The van der Waals surface area contributed by atoms with Crippen molar-refractivity contribution in [2.24, 2.45) is 4.99 Å². The molecule has 0 amide bonds. The summed E-state index contributed by atoms with van der Waals surface area (Å²) >= 11 is 0. The molecule has 7 nitrogen and oxygen atoms in total. The summed E-state index contributed by atoms with van der Waals surface area (Å²) in [7, 11) is 1.30. The fourth-order valence-electron chi connectivity index (χ4n) is 2.59. The van der Waals surface area contributed by atoms with Crippen molar-refractivity contribution in [3.05, 3.63) is 59.5 Å². The second kappa shape index (κ2) is 8.07. The molecule has 1 aromatic carbocycles. The van der Waals surface area contributed by atoms with Crippen LogP contribution in [-0.4, -0.2) is 40.0 Å². The highest BCUT2D eigenvalue weighted by atomic mass is 19.3. The van der Waals surface area contributed by atoms with Gasteiger partial charge in [-0.2, -0.15) is 8.78 Å². The number of ether oxygens (including phenoxy) is 1. The van der Waals surface area contributed by atoms with Crippen molar-refractivity contribution in [2.45, 2.75) is 19.9 Å². The number of alkyl halides is 2. The molecule has 0 saturated carbocycles. The van der Waals surface area contributed by atoms with Crippen molar-refractivity contribution >= 4 is 11.8 Å². The number of nitrogens with zero attached hydrogens (tertiary/aromatic N) is 4. The number of aromatic nitrogens is 3. The molecule has 10 heteroatoms. The average Bonchev–Trinajstić information content (AvgIpc) is 3.28. The second-order valence-electron chi connectivity index (χ2n) is 5.83. The van der Waals surface area contributed by atoms with Crippen LogP contribution in [0.1, 0.15) is 17.0 Å². The summed E-state index contributed by atoms with van der Waals surface area (Å²) in [6.07, 6.45) is 0.140. The molecule has 0 aliphatic heterocycles. The van der Waals surface area contributed by atoms with E-state index in [4.69, 9.17) is 14.7 Å². The first kappa shape index (κ1) is 19.3. The zero-order valence-corrected chi connectivity index (χ0v) is 15.0. The number of benzene rings is 1. The normalized spacial score (nSPS) is 11.9. The molecule has 2 heterocycles. The molecule has 3 aromatic rings. The van der Waals surface area contributed by atoms with Gasteiger partial charge in [0.2, 0.25) is 5.90 Å². The van der Waals surface area contributed by atoms with Crippen LogP contribution in [0, 0.1) is 18.2 Å². The van der Waals surface area contributed by atoms with Gasteiger partial charge in [-0.05, 0) is 25.1 Å². The summed E-state index contributed by atoms with van der Waals surface area (Å²) < 4.78 is 50.9. The summed E-state index contributed by atoms with van der Waals surface area (Å²) in [5, 5.41) is 11.1. The van der Waals surface area contributed by atoms with Gasteiger partial charge in [0, 0.05) is 36.6 Å². The largest absolute Gasteiger partial charge is 0.419 e. The fourth-order valence-corrected chi connectivity index (χ4v) is 2.59. The van der Waals surface area contributed by atoms with Crippen LogP contribution in [0.15, 0.2) is 46.2 Å². The molecule has 2 aromatic heterocycles. The average molecular weight is 391 g/mol. The molecule has 0 fully saturated rings. The highest BCUT2D eigenvalue weighted by molar-refractivity contribution is 6.02. The Kier molecular flexibility index (Phi) is 5.57. The highest BCUT2D eigenvalue weighted by Crippen LogP contribution is 2.23. The molecular weight excluding hydrogens is 375 g/mol. The van der Waals surface area contributed by atoms with Crippen LogP contribution in [0.25, 0.3) is 11.4 Å². The van der Waals surface area contributed by atoms with Crippen LogP contribution < -0.4 is 0 Å². The van der Waals surface area contributed by atoms with Crippen LogP contribution in [-0.2, 0) is 11.3 Å². The smallest absolute Gasteiger partial charge is 0.312 e. The van der Waals surface area contributed by atoms with E-state index in [1.807, 2.05) is 0 Å². The SMILES string of the molecule is CN=C(OC(=N)C(F)F)c1cc(F)cc(-c2nccn2Cc2cc(C)on2)c1. The third kappa shape index (κ3) is 4.27. The molecular formula is C18H16F3N5O2. The number of imidazole rings is 1. The second-order valence-corrected chi connectivity index (χ2v) is 5.83. The number of rotatable bonds is 5. The van der Waals surface area contributed by atoms with Gasteiger partial charge < -0.3 is 13.8 Å². The van der Waals surface area contributed by atoms with Gasteiger partial charge in [-0.15, -0.1) is 0 Å². The van der Waals surface area contributed by atoms with Crippen LogP contribution in [0.3, 0.4) is 0 Å². The third-order valence-corrected chi connectivity index (χ3v) is 3.74. The van der Waals surface area contributed by atoms with Crippen molar-refractivity contribution in [1.29, 1.82) is 5.41 Å². The van der Waals surface area contributed by atoms with Crippen molar-refractivity contribution < 1.29 is 22.4 Å². The Morgan fingerprint density at radius 1 is 1.32 bits per heavy atom. The first-order valence-corrected chi connectivity index (χ1v) is 8.13. The molecule has 0 aliphatic carbocycles. The maximum atomic E-state index is 14.2. The predicted molar refractivity (Wildman–Crippen MR) is 95.2 cm³/mol. The predicted octanol–water partition coefficient (Wildman–Crippen LogP) is 3.67. The van der Waals surface area contributed by atoms with Gasteiger partial charge in [-0.25, -0.2) is 9.37 Å². The summed E-state index contributed by atoms with van der Waals surface area (Å²) in [4.78, 5) is 7.98. The molecule has 1 N–H and O–H groups in total. The fraction of sp³-hybridized carbons (Fsp3) is 0.222. The third-order valence-electron chi connectivity index (χ3n) is 3.74. The van der Waals surface area contributed by atoms with E-state index in [9.17, 15) is 13.2 Å². The van der Waals surface area contributed by atoms with Crippen LogP contribution >= 0.6 is 0 Å². The minimum atomic E-state index is -3.10. The van der Waals surface area contributed by atoms with E-state index in [0.29, 0.717) is 29.4 Å². The molecule has 28 heavy (non-hydrogen) atoms. The number of aliphatic imine (C=N–C) groups is 1. The summed E-state index contributed by atoms with van der Waals surface area (Å²) in [6, 6.07) is 5.60. The number of nitrogens with one attached hydrogen (secondary N) is 1. The van der Waals surface area contributed by atoms with Gasteiger partial charge in [0.1, 0.15) is 23.1 Å². The lowest BCUT2D eigenvalue weighted by Gasteiger charge is -2.11. The number of aryl methyl sites for hydroxylation is 1. The number of hydrogen-bond acceptors (Lipinski definition) is 6. The van der Waals surface area contributed by atoms with E-state index < -0.39 is 18.1 Å². The number of halogens is 3. The molecule has 0 spiro atoms. The van der Waals surface area contributed by atoms with Crippen molar-refractivity contribution in [3.63, 3.8) is 0 Å². The Morgan fingerprint density at radius 2 is 2.11 bits per heavy atom. The Balaban J connectivity index is 1.94. The lowest BCUT2D eigenvalue weighted by atomic mass is 10.1. The van der Waals surface area contributed by atoms with E-state index in [-0.39, 0.29) is 11.5 Å². The van der Waals surface area contributed by atoms with E-state index in [2.05, 4.69) is 15.1 Å². The van der Waals surface area contributed by atoms with Crippen LogP contribution in [0.5, 0.6) is 0 Å². The first-order chi connectivity index (χ1) is 13.4. The molecule has 146 valence electrons. The van der Waals surface area contributed by atoms with Crippen LogP contribution in [0.2, 0.25) is 0 Å². The molecule has 0 atom stereocenters. The van der Waals surface area contributed by atoms with Crippen LogP contribution in [0.4, 0.5) is 13.2 Å². The first-order valence-electron chi connectivity index (χ1n) is 8.13. The van der Waals surface area contributed by atoms with Crippen molar-refractivity contribution in [3.8, 4) is 11.4 Å². The van der Waals surface area contributed by atoms with E-state index in [1.165, 1.54) is 19.2 Å². The Hall–Kier alpha value is -3.43. The lowest BCUT2D eigenvalue weighted by Crippen LogP contribution is -2.19. The van der Waals surface area contributed by atoms with Gasteiger partial charge >= 0.3 is 6.43 Å². The number of hydrogen-bond donors (Lipinski definition) is 1. The van der Waals surface area contributed by atoms with Crippen molar-refractivity contribution in [2.75, 3.05) is 7.05 Å². The zero-order chi connectivity index (χ0) is 20.3. The topological polar surface area (TPSA) is 89.3 Å². The van der Waals surface area contributed by atoms with Crippen molar-refractivity contribution in [1.82, 2.24) is 14.7 Å². The van der Waals surface area contributed by atoms with E-state index in [1.54, 1.807) is 30.0 Å². The summed E-state index contributed by atoms with van der Waals surface area (Å²) in [5.41, 5.74) is 1.15. The standard InChI is InChI=1S/C18H16F3N5O2/c1-10-5-14(25-28-10)9-26-4-3-24-17(26)11-6-12(8-13(19)7-11)18(23-2)27-16(22)15(20)21/h3-8,15,22H,9H2,1-2H3. The molecule has 0 bridgehead atoms. The quantitative estimate of drug-likeness (QED) is 0.531. The molecule has 0 radical (unpaired) electrons. The van der Waals surface area contributed by atoms with Gasteiger partial charge in [0.25, 0.3) is 5.90 Å². The van der Waals surface area contributed by atoms with Gasteiger partial charge in [0.15, 0.2) is 0 Å². The summed E-state index contributed by atoms with van der Waals surface area (Å²) in [6.45, 7) is 2.12. The van der Waals surface area contributed by atoms with E-state index >= 15 is 0 Å². The Morgan fingerprint density at radius 3 is 2.75 bits per heavy atom.